The van der Waals surface area contributed by atoms with Crippen LogP contribution in [0.2, 0.25) is 0 Å². The zero-order valence-electron chi connectivity index (χ0n) is 11.8. The molecule has 0 aliphatic carbocycles. The maximum absolute atomic E-state index is 9.96. The third-order valence-electron chi connectivity index (χ3n) is 2.85. The molecule has 1 N–H and O–H groups in total. The molecule has 1 aromatic heterocycles. The molecule has 20 heavy (non-hydrogen) atoms. The van der Waals surface area contributed by atoms with Gasteiger partial charge in [-0.2, -0.15) is 0 Å². The number of imidazole rings is 1. The zero-order chi connectivity index (χ0) is 14.4. The Labute approximate surface area is 123 Å². The van der Waals surface area contributed by atoms with Gasteiger partial charge in [0, 0.05) is 24.7 Å². The minimum atomic E-state index is -0.512. The van der Waals surface area contributed by atoms with Crippen LogP contribution in [0, 0.1) is 6.92 Å². The van der Waals surface area contributed by atoms with E-state index < -0.39 is 6.10 Å². The predicted octanol–water partition coefficient (Wildman–Crippen LogP) is 2.74. The molecule has 0 amide bonds. The lowest BCUT2D eigenvalue weighted by molar-refractivity contribution is 0.126. The molecule has 0 spiro atoms. The van der Waals surface area contributed by atoms with Gasteiger partial charge < -0.3 is 14.4 Å². The highest BCUT2D eigenvalue weighted by molar-refractivity contribution is 7.99. The van der Waals surface area contributed by atoms with Crippen molar-refractivity contribution in [3.8, 4) is 5.75 Å². The van der Waals surface area contributed by atoms with Crippen LogP contribution < -0.4 is 4.74 Å². The average molecular weight is 292 g/mol. The number of rotatable bonds is 7. The minimum absolute atomic E-state index is 0.295. The summed E-state index contributed by atoms with van der Waals surface area (Å²) in [5.41, 5.74) is 1.15. The Kier molecular flexibility index (Phi) is 5.49. The van der Waals surface area contributed by atoms with Crippen molar-refractivity contribution in [2.24, 2.45) is 0 Å². The van der Waals surface area contributed by atoms with Crippen LogP contribution >= 0.6 is 11.8 Å². The van der Waals surface area contributed by atoms with Gasteiger partial charge in [0.25, 0.3) is 0 Å². The van der Waals surface area contributed by atoms with Crippen LogP contribution in [0.25, 0.3) is 0 Å². The highest BCUT2D eigenvalue weighted by Crippen LogP contribution is 2.18. The topological polar surface area (TPSA) is 47.3 Å². The number of nitrogens with zero attached hydrogens (tertiary/aromatic N) is 2. The summed E-state index contributed by atoms with van der Waals surface area (Å²) in [7, 11) is 0. The van der Waals surface area contributed by atoms with Crippen LogP contribution in [-0.4, -0.2) is 33.1 Å². The van der Waals surface area contributed by atoms with E-state index in [9.17, 15) is 5.11 Å². The molecular weight excluding hydrogens is 272 g/mol. The maximum atomic E-state index is 9.96. The summed E-state index contributed by atoms with van der Waals surface area (Å²) in [5, 5.41) is 10.9. The molecule has 0 bridgehead atoms. The van der Waals surface area contributed by atoms with Crippen LogP contribution in [0.1, 0.15) is 12.5 Å². The molecule has 108 valence electrons. The molecule has 1 aromatic carbocycles. The number of aliphatic hydroxyl groups is 1. The van der Waals surface area contributed by atoms with Gasteiger partial charge in [0.1, 0.15) is 12.4 Å². The first-order valence-electron chi connectivity index (χ1n) is 6.70. The van der Waals surface area contributed by atoms with E-state index in [0.29, 0.717) is 12.4 Å². The summed E-state index contributed by atoms with van der Waals surface area (Å²) in [6, 6.07) is 7.83. The standard InChI is InChI=1S/C15H20N2O2S/c1-3-17-8-7-16-15(17)20-11-13(18)10-19-14-6-4-5-12(2)9-14/h4-9,13,18H,3,10-11H2,1-2H3. The van der Waals surface area contributed by atoms with Gasteiger partial charge in [-0.1, -0.05) is 23.9 Å². The van der Waals surface area contributed by atoms with Crippen molar-refractivity contribution in [2.75, 3.05) is 12.4 Å². The van der Waals surface area contributed by atoms with E-state index in [1.807, 2.05) is 37.4 Å². The molecule has 5 heteroatoms. The van der Waals surface area contributed by atoms with Crippen LogP contribution in [0.15, 0.2) is 41.8 Å². The Bertz CT molecular complexity index is 542. The van der Waals surface area contributed by atoms with Crippen LogP contribution in [-0.2, 0) is 6.54 Å². The van der Waals surface area contributed by atoms with Crippen LogP contribution in [0.4, 0.5) is 0 Å². The number of aliphatic hydroxyl groups excluding tert-OH is 1. The second-order valence-corrected chi connectivity index (χ2v) is 5.58. The molecule has 1 heterocycles. The van der Waals surface area contributed by atoms with Gasteiger partial charge in [0.15, 0.2) is 5.16 Å². The highest BCUT2D eigenvalue weighted by Gasteiger charge is 2.09. The molecule has 2 rings (SSSR count). The molecule has 0 fully saturated rings. The first-order chi connectivity index (χ1) is 9.69. The fourth-order valence-corrected chi connectivity index (χ4v) is 2.72. The largest absolute Gasteiger partial charge is 0.491 e. The maximum Gasteiger partial charge on any atom is 0.168 e. The number of hydrogen-bond acceptors (Lipinski definition) is 4. The van der Waals surface area contributed by atoms with E-state index in [2.05, 4.69) is 16.5 Å². The SMILES string of the molecule is CCn1ccnc1SCC(O)COc1cccc(C)c1. The number of hydrogen-bond donors (Lipinski definition) is 1. The monoisotopic (exact) mass is 292 g/mol. The lowest BCUT2D eigenvalue weighted by Gasteiger charge is -2.12. The van der Waals surface area contributed by atoms with Gasteiger partial charge >= 0.3 is 0 Å². The fraction of sp³-hybridized carbons (Fsp3) is 0.400. The molecular formula is C15H20N2O2S. The molecule has 1 atom stereocenters. The molecule has 0 aliphatic heterocycles. The van der Waals surface area contributed by atoms with E-state index in [-0.39, 0.29) is 0 Å². The molecule has 0 saturated heterocycles. The highest BCUT2D eigenvalue weighted by atomic mass is 32.2. The van der Waals surface area contributed by atoms with E-state index in [4.69, 9.17) is 4.74 Å². The summed E-state index contributed by atoms with van der Waals surface area (Å²) in [4.78, 5) is 4.26. The van der Waals surface area contributed by atoms with E-state index in [1.165, 1.54) is 0 Å². The third-order valence-corrected chi connectivity index (χ3v) is 4.00. The number of aryl methyl sites for hydroxylation is 2. The lowest BCUT2D eigenvalue weighted by atomic mass is 10.2. The molecule has 0 saturated carbocycles. The van der Waals surface area contributed by atoms with Crippen molar-refractivity contribution in [1.29, 1.82) is 0 Å². The Hall–Kier alpha value is -1.46. The average Bonchev–Trinajstić information content (AvgIpc) is 2.90. The second kappa shape index (κ2) is 7.36. The molecule has 2 aromatic rings. The summed E-state index contributed by atoms with van der Waals surface area (Å²) < 4.78 is 7.64. The summed E-state index contributed by atoms with van der Waals surface area (Å²) in [5.74, 6) is 1.37. The van der Waals surface area contributed by atoms with E-state index >= 15 is 0 Å². The van der Waals surface area contributed by atoms with Crippen LogP contribution in [0.5, 0.6) is 5.75 Å². The number of thioether (sulfide) groups is 1. The Balaban J connectivity index is 1.77. The third kappa shape index (κ3) is 4.28. The van der Waals surface area contributed by atoms with E-state index in [1.54, 1.807) is 18.0 Å². The van der Waals surface area contributed by atoms with Gasteiger partial charge in [0.05, 0.1) is 6.10 Å². The van der Waals surface area contributed by atoms with Gasteiger partial charge in [-0.05, 0) is 31.5 Å². The van der Waals surface area contributed by atoms with Crippen LogP contribution in [0.3, 0.4) is 0 Å². The fourth-order valence-electron chi connectivity index (χ4n) is 1.79. The zero-order valence-corrected chi connectivity index (χ0v) is 12.6. The van der Waals surface area contributed by atoms with Gasteiger partial charge in [0.2, 0.25) is 0 Å². The van der Waals surface area contributed by atoms with Crippen molar-refractivity contribution in [1.82, 2.24) is 9.55 Å². The summed E-state index contributed by atoms with van der Waals surface area (Å²) >= 11 is 1.55. The number of ether oxygens (including phenoxy) is 1. The first kappa shape index (κ1) is 14.9. The summed E-state index contributed by atoms with van der Waals surface area (Å²) in [6.45, 7) is 5.27. The lowest BCUT2D eigenvalue weighted by Crippen LogP contribution is -2.20. The Morgan fingerprint density at radius 1 is 1.45 bits per heavy atom. The molecule has 0 aliphatic rings. The normalized spacial score (nSPS) is 12.3. The van der Waals surface area contributed by atoms with Crippen molar-refractivity contribution >= 4 is 11.8 Å². The minimum Gasteiger partial charge on any atom is -0.491 e. The smallest absolute Gasteiger partial charge is 0.168 e. The number of benzene rings is 1. The van der Waals surface area contributed by atoms with Crippen molar-refractivity contribution in [3.05, 3.63) is 42.2 Å². The van der Waals surface area contributed by atoms with Crippen molar-refractivity contribution < 1.29 is 9.84 Å². The molecule has 1 unspecified atom stereocenters. The van der Waals surface area contributed by atoms with Gasteiger partial charge in [-0.15, -0.1) is 0 Å². The predicted molar refractivity (Wildman–Crippen MR) is 81.3 cm³/mol. The quantitative estimate of drug-likeness (QED) is 0.797. The first-order valence-corrected chi connectivity index (χ1v) is 7.69. The van der Waals surface area contributed by atoms with Gasteiger partial charge in [-0.25, -0.2) is 4.98 Å². The Morgan fingerprint density at radius 2 is 2.30 bits per heavy atom. The Morgan fingerprint density at radius 3 is 3.05 bits per heavy atom. The van der Waals surface area contributed by atoms with E-state index in [0.717, 1.165) is 23.0 Å². The van der Waals surface area contributed by atoms with Crippen molar-refractivity contribution in [3.63, 3.8) is 0 Å². The van der Waals surface area contributed by atoms with Gasteiger partial charge in [-0.3, -0.25) is 0 Å². The molecule has 4 nitrogen and oxygen atoms in total. The number of aromatic nitrogens is 2. The van der Waals surface area contributed by atoms with Crippen molar-refractivity contribution in [2.45, 2.75) is 31.7 Å². The summed E-state index contributed by atoms with van der Waals surface area (Å²) in [6.07, 6.45) is 3.21. The second-order valence-electron chi connectivity index (χ2n) is 4.59. The molecule has 0 radical (unpaired) electrons.